The highest BCUT2D eigenvalue weighted by molar-refractivity contribution is 5.93. The van der Waals surface area contributed by atoms with Crippen molar-refractivity contribution in [2.24, 2.45) is 0 Å². The molecule has 0 saturated carbocycles. The van der Waals surface area contributed by atoms with E-state index in [9.17, 15) is 4.79 Å². The first-order chi connectivity index (χ1) is 12.2. The molecule has 132 valence electrons. The van der Waals surface area contributed by atoms with Crippen molar-refractivity contribution >= 4 is 11.7 Å². The lowest BCUT2D eigenvalue weighted by Crippen LogP contribution is -2.47. The fraction of sp³-hybridized carbons (Fsp3) is 0.474. The zero-order valence-corrected chi connectivity index (χ0v) is 14.4. The normalized spacial score (nSPS) is 26.1. The molecule has 2 aromatic rings. The number of amides is 1. The Morgan fingerprint density at radius 3 is 3.08 bits per heavy atom. The molecule has 2 aromatic heterocycles. The SMILES string of the molecule is Cc1ccoc1C(=O)N1CC[C@@]2(C[C@H](Nc3ccccn3)CCO2)C1. The predicted molar refractivity (Wildman–Crippen MR) is 93.5 cm³/mol. The van der Waals surface area contributed by atoms with E-state index in [2.05, 4.69) is 10.3 Å². The van der Waals surface area contributed by atoms with Gasteiger partial charge in [-0.05, 0) is 44.4 Å². The van der Waals surface area contributed by atoms with Crippen LogP contribution in [0.5, 0.6) is 0 Å². The summed E-state index contributed by atoms with van der Waals surface area (Å²) in [5.41, 5.74) is 0.617. The summed E-state index contributed by atoms with van der Waals surface area (Å²) in [5, 5.41) is 3.50. The van der Waals surface area contributed by atoms with Crippen LogP contribution >= 0.6 is 0 Å². The Kier molecular flexibility index (Phi) is 4.21. The summed E-state index contributed by atoms with van der Waals surface area (Å²) in [7, 11) is 0. The lowest BCUT2D eigenvalue weighted by atomic mass is 9.89. The first-order valence-electron chi connectivity index (χ1n) is 8.80. The fourth-order valence-electron chi connectivity index (χ4n) is 3.85. The van der Waals surface area contributed by atoms with Gasteiger partial charge in [0.15, 0.2) is 5.76 Å². The van der Waals surface area contributed by atoms with Crippen LogP contribution in [0.3, 0.4) is 0 Å². The molecule has 4 rings (SSSR count). The van der Waals surface area contributed by atoms with Gasteiger partial charge in [-0.3, -0.25) is 4.79 Å². The number of aromatic nitrogens is 1. The van der Waals surface area contributed by atoms with Crippen LogP contribution in [0.4, 0.5) is 5.82 Å². The summed E-state index contributed by atoms with van der Waals surface area (Å²) in [6.45, 7) is 3.92. The molecule has 1 N–H and O–H groups in total. The zero-order valence-electron chi connectivity index (χ0n) is 14.4. The van der Waals surface area contributed by atoms with Crippen LogP contribution in [-0.4, -0.2) is 47.1 Å². The predicted octanol–water partition coefficient (Wildman–Crippen LogP) is 2.86. The molecule has 0 unspecified atom stereocenters. The van der Waals surface area contributed by atoms with Crippen molar-refractivity contribution in [2.45, 2.75) is 37.8 Å². The molecule has 2 fully saturated rings. The second kappa shape index (κ2) is 6.52. The number of nitrogens with zero attached hydrogens (tertiary/aromatic N) is 2. The van der Waals surface area contributed by atoms with Gasteiger partial charge in [-0.25, -0.2) is 4.98 Å². The molecule has 6 nitrogen and oxygen atoms in total. The number of hydrogen-bond donors (Lipinski definition) is 1. The summed E-state index contributed by atoms with van der Waals surface area (Å²) in [6, 6.07) is 8.00. The average Bonchev–Trinajstić information content (AvgIpc) is 3.22. The summed E-state index contributed by atoms with van der Waals surface area (Å²) in [4.78, 5) is 18.9. The van der Waals surface area contributed by atoms with Gasteiger partial charge in [-0.1, -0.05) is 6.07 Å². The minimum atomic E-state index is -0.263. The second-order valence-corrected chi connectivity index (χ2v) is 6.99. The van der Waals surface area contributed by atoms with Crippen molar-refractivity contribution in [1.82, 2.24) is 9.88 Å². The Bertz CT molecular complexity index is 745. The van der Waals surface area contributed by atoms with Gasteiger partial charge in [-0.2, -0.15) is 0 Å². The maximum Gasteiger partial charge on any atom is 0.289 e. The van der Waals surface area contributed by atoms with Gasteiger partial charge < -0.3 is 19.4 Å². The minimum absolute atomic E-state index is 0.0391. The second-order valence-electron chi connectivity index (χ2n) is 6.99. The van der Waals surface area contributed by atoms with Crippen LogP contribution in [0.1, 0.15) is 35.4 Å². The number of rotatable bonds is 3. The first kappa shape index (κ1) is 16.1. The largest absolute Gasteiger partial charge is 0.459 e. The van der Waals surface area contributed by atoms with E-state index in [0.29, 0.717) is 31.5 Å². The minimum Gasteiger partial charge on any atom is -0.459 e. The fourth-order valence-corrected chi connectivity index (χ4v) is 3.85. The number of nitrogens with one attached hydrogen (secondary N) is 1. The third kappa shape index (κ3) is 3.26. The molecule has 2 aliphatic heterocycles. The van der Waals surface area contributed by atoms with E-state index in [1.165, 1.54) is 0 Å². The zero-order chi connectivity index (χ0) is 17.3. The molecule has 0 bridgehead atoms. The Labute approximate surface area is 147 Å². The number of furan rings is 1. The molecular weight excluding hydrogens is 318 g/mol. The van der Waals surface area contributed by atoms with Gasteiger partial charge in [0, 0.05) is 31.0 Å². The molecule has 2 atom stereocenters. The molecule has 0 aromatic carbocycles. The van der Waals surface area contributed by atoms with E-state index >= 15 is 0 Å². The number of ether oxygens (including phenoxy) is 1. The molecule has 0 aliphatic carbocycles. The molecular formula is C19H23N3O3. The van der Waals surface area contributed by atoms with Crippen molar-refractivity contribution in [3.8, 4) is 0 Å². The standard InChI is InChI=1S/C19H23N3O3/c1-14-5-10-24-17(14)18(23)22-9-7-19(13-22)12-15(6-11-25-19)21-16-4-2-3-8-20-16/h2-5,8,10,15H,6-7,9,11-13H2,1H3,(H,20,21)/t15-,19-/m1/s1. The molecule has 6 heteroatoms. The van der Waals surface area contributed by atoms with Gasteiger partial charge in [0.05, 0.1) is 18.4 Å². The molecule has 25 heavy (non-hydrogen) atoms. The first-order valence-corrected chi connectivity index (χ1v) is 8.80. The van der Waals surface area contributed by atoms with Crippen molar-refractivity contribution in [1.29, 1.82) is 0 Å². The number of pyridine rings is 1. The number of hydrogen-bond acceptors (Lipinski definition) is 5. The van der Waals surface area contributed by atoms with E-state index in [4.69, 9.17) is 9.15 Å². The highest BCUT2D eigenvalue weighted by atomic mass is 16.5. The highest BCUT2D eigenvalue weighted by Crippen LogP contribution is 2.36. The number of anilines is 1. The Morgan fingerprint density at radius 1 is 1.40 bits per heavy atom. The third-order valence-corrected chi connectivity index (χ3v) is 5.17. The Hall–Kier alpha value is -2.34. The summed E-state index contributed by atoms with van der Waals surface area (Å²) in [5.74, 6) is 1.29. The van der Waals surface area contributed by atoms with Gasteiger partial charge in [0.1, 0.15) is 5.82 Å². The molecule has 4 heterocycles. The number of aryl methyl sites for hydroxylation is 1. The van der Waals surface area contributed by atoms with E-state index in [1.54, 1.807) is 12.5 Å². The van der Waals surface area contributed by atoms with Crippen LogP contribution in [0.2, 0.25) is 0 Å². The van der Waals surface area contributed by atoms with E-state index in [-0.39, 0.29) is 11.5 Å². The van der Waals surface area contributed by atoms with Gasteiger partial charge in [0.2, 0.25) is 0 Å². The van der Waals surface area contributed by atoms with Crippen LogP contribution in [-0.2, 0) is 4.74 Å². The number of carbonyl (C=O) groups excluding carboxylic acids is 1. The maximum absolute atomic E-state index is 12.7. The van der Waals surface area contributed by atoms with Gasteiger partial charge >= 0.3 is 0 Å². The van der Waals surface area contributed by atoms with Crippen LogP contribution in [0.25, 0.3) is 0 Å². The number of carbonyl (C=O) groups is 1. The van der Waals surface area contributed by atoms with Gasteiger partial charge in [0.25, 0.3) is 5.91 Å². The van der Waals surface area contributed by atoms with E-state index < -0.39 is 0 Å². The monoisotopic (exact) mass is 341 g/mol. The van der Waals surface area contributed by atoms with E-state index in [0.717, 1.165) is 30.6 Å². The van der Waals surface area contributed by atoms with E-state index in [1.807, 2.05) is 36.1 Å². The summed E-state index contributed by atoms with van der Waals surface area (Å²) < 4.78 is 11.5. The maximum atomic E-state index is 12.7. The van der Waals surface area contributed by atoms with Crippen LogP contribution < -0.4 is 5.32 Å². The smallest absolute Gasteiger partial charge is 0.289 e. The topological polar surface area (TPSA) is 67.6 Å². The molecule has 2 aliphatic rings. The summed E-state index contributed by atoms with van der Waals surface area (Å²) in [6.07, 6.45) is 6.05. The Morgan fingerprint density at radius 2 is 2.32 bits per heavy atom. The lowest BCUT2D eigenvalue weighted by molar-refractivity contribution is -0.0721. The van der Waals surface area contributed by atoms with Crippen molar-refractivity contribution in [2.75, 3.05) is 25.0 Å². The van der Waals surface area contributed by atoms with Gasteiger partial charge in [-0.15, -0.1) is 0 Å². The van der Waals surface area contributed by atoms with Crippen molar-refractivity contribution < 1.29 is 13.9 Å². The summed E-state index contributed by atoms with van der Waals surface area (Å²) >= 11 is 0. The van der Waals surface area contributed by atoms with Crippen LogP contribution in [0.15, 0.2) is 41.1 Å². The lowest BCUT2D eigenvalue weighted by Gasteiger charge is -2.38. The molecule has 1 spiro atoms. The van der Waals surface area contributed by atoms with Crippen LogP contribution in [0, 0.1) is 6.92 Å². The van der Waals surface area contributed by atoms with Crippen molar-refractivity contribution in [3.63, 3.8) is 0 Å². The highest BCUT2D eigenvalue weighted by Gasteiger charge is 2.45. The molecule has 0 radical (unpaired) electrons. The average molecular weight is 341 g/mol. The quantitative estimate of drug-likeness (QED) is 0.930. The Balaban J connectivity index is 1.42. The van der Waals surface area contributed by atoms with Crippen molar-refractivity contribution in [3.05, 3.63) is 48.0 Å². The molecule has 1 amide bonds. The molecule has 2 saturated heterocycles. The third-order valence-electron chi connectivity index (χ3n) is 5.17. The number of likely N-dealkylation sites (tertiary alicyclic amines) is 1.